The lowest BCUT2D eigenvalue weighted by atomic mass is 10.1. The molecule has 0 unspecified atom stereocenters. The highest BCUT2D eigenvalue weighted by Crippen LogP contribution is 2.24. The summed E-state index contributed by atoms with van der Waals surface area (Å²) >= 11 is 0. The molecule has 2 heterocycles. The largest absolute Gasteiger partial charge is 0.379 e. The van der Waals surface area contributed by atoms with E-state index in [4.69, 9.17) is 0 Å². The van der Waals surface area contributed by atoms with Crippen molar-refractivity contribution in [3.05, 3.63) is 54.2 Å². The van der Waals surface area contributed by atoms with Crippen LogP contribution in [0.4, 0.5) is 5.69 Å². The predicted molar refractivity (Wildman–Crippen MR) is 81.7 cm³/mol. The van der Waals surface area contributed by atoms with Gasteiger partial charge in [-0.3, -0.25) is 4.98 Å². The Kier molecular flexibility index (Phi) is 3.37. The van der Waals surface area contributed by atoms with Gasteiger partial charge in [-0.05, 0) is 37.6 Å². The predicted octanol–water partition coefficient (Wildman–Crippen LogP) is 3.37. The molecule has 0 spiro atoms. The number of anilines is 1. The van der Waals surface area contributed by atoms with Gasteiger partial charge in [0.25, 0.3) is 0 Å². The van der Waals surface area contributed by atoms with Gasteiger partial charge in [0.15, 0.2) is 0 Å². The third kappa shape index (κ3) is 2.25. The van der Waals surface area contributed by atoms with Crippen LogP contribution in [0, 0.1) is 6.92 Å². The molecule has 0 aliphatic carbocycles. The van der Waals surface area contributed by atoms with E-state index < -0.39 is 0 Å². The van der Waals surface area contributed by atoms with Crippen LogP contribution in [0.15, 0.2) is 43.0 Å². The summed E-state index contributed by atoms with van der Waals surface area (Å²) in [5.41, 5.74) is 4.55. The van der Waals surface area contributed by atoms with Crippen LogP contribution in [0.25, 0.3) is 10.9 Å². The van der Waals surface area contributed by atoms with Crippen molar-refractivity contribution in [2.24, 2.45) is 0 Å². The number of hydrogen-bond donors (Lipinski definition) is 1. The normalized spacial score (nSPS) is 10.9. The molecule has 0 fully saturated rings. The van der Waals surface area contributed by atoms with Gasteiger partial charge >= 0.3 is 0 Å². The van der Waals surface area contributed by atoms with Crippen molar-refractivity contribution < 1.29 is 0 Å². The minimum absolute atomic E-state index is 0.765. The number of nitrogens with one attached hydrogen (secondary N) is 1. The molecule has 4 nitrogen and oxygen atoms in total. The van der Waals surface area contributed by atoms with Crippen molar-refractivity contribution in [3.63, 3.8) is 0 Å². The van der Waals surface area contributed by atoms with Crippen molar-refractivity contribution in [3.8, 4) is 0 Å². The number of imidazole rings is 1. The average Bonchev–Trinajstić information content (AvgIpc) is 2.94. The van der Waals surface area contributed by atoms with Crippen LogP contribution >= 0.6 is 0 Å². The van der Waals surface area contributed by atoms with E-state index in [1.807, 2.05) is 24.8 Å². The van der Waals surface area contributed by atoms with Crippen LogP contribution in [0.5, 0.6) is 0 Å². The van der Waals surface area contributed by atoms with Crippen LogP contribution in [-0.2, 0) is 13.1 Å². The third-order valence-corrected chi connectivity index (χ3v) is 3.57. The molecule has 3 aromatic rings. The molecule has 1 aromatic carbocycles. The van der Waals surface area contributed by atoms with E-state index in [0.29, 0.717) is 0 Å². The van der Waals surface area contributed by atoms with Gasteiger partial charge in [0, 0.05) is 30.0 Å². The Bertz CT molecular complexity index is 730. The molecule has 0 saturated heterocycles. The summed E-state index contributed by atoms with van der Waals surface area (Å²) in [7, 11) is 0. The Labute approximate surface area is 118 Å². The van der Waals surface area contributed by atoms with E-state index in [0.717, 1.165) is 29.7 Å². The van der Waals surface area contributed by atoms with Gasteiger partial charge in [-0.1, -0.05) is 6.07 Å². The van der Waals surface area contributed by atoms with Crippen molar-refractivity contribution in [2.75, 3.05) is 5.32 Å². The van der Waals surface area contributed by atoms with E-state index in [-0.39, 0.29) is 0 Å². The second kappa shape index (κ2) is 5.33. The highest BCUT2D eigenvalue weighted by Gasteiger charge is 2.05. The van der Waals surface area contributed by atoms with E-state index in [2.05, 4.69) is 51.9 Å². The van der Waals surface area contributed by atoms with Gasteiger partial charge in [0.05, 0.1) is 24.1 Å². The smallest absolute Gasteiger partial charge is 0.0948 e. The summed E-state index contributed by atoms with van der Waals surface area (Å²) in [5, 5.41) is 4.65. The fraction of sp³-hybridized carbons (Fsp3) is 0.250. The van der Waals surface area contributed by atoms with Crippen LogP contribution in [-0.4, -0.2) is 14.5 Å². The fourth-order valence-electron chi connectivity index (χ4n) is 2.43. The lowest BCUT2D eigenvalue weighted by Gasteiger charge is -2.11. The third-order valence-electron chi connectivity index (χ3n) is 3.57. The first kappa shape index (κ1) is 12.7. The maximum absolute atomic E-state index is 4.46. The second-order valence-corrected chi connectivity index (χ2v) is 4.85. The van der Waals surface area contributed by atoms with Gasteiger partial charge < -0.3 is 9.88 Å². The Balaban J connectivity index is 1.90. The van der Waals surface area contributed by atoms with Crippen molar-refractivity contribution >= 4 is 16.6 Å². The lowest BCUT2D eigenvalue weighted by molar-refractivity contribution is 0.720. The molecule has 0 aliphatic heterocycles. The van der Waals surface area contributed by atoms with E-state index in [1.54, 1.807) is 0 Å². The molecule has 0 saturated carbocycles. The fourth-order valence-corrected chi connectivity index (χ4v) is 2.43. The highest BCUT2D eigenvalue weighted by atomic mass is 15.1. The molecular weight excluding hydrogens is 248 g/mol. The summed E-state index contributed by atoms with van der Waals surface area (Å²) in [6, 6.07) is 8.30. The molecule has 0 atom stereocenters. The lowest BCUT2D eigenvalue weighted by Crippen LogP contribution is -2.06. The van der Waals surface area contributed by atoms with E-state index in [9.17, 15) is 0 Å². The minimum Gasteiger partial charge on any atom is -0.379 e. The Morgan fingerprint density at radius 3 is 3.00 bits per heavy atom. The zero-order valence-electron chi connectivity index (χ0n) is 11.8. The number of pyridine rings is 1. The number of aryl methyl sites for hydroxylation is 2. The zero-order valence-corrected chi connectivity index (χ0v) is 11.8. The molecule has 0 bridgehead atoms. The number of benzene rings is 1. The topological polar surface area (TPSA) is 42.7 Å². The SMILES string of the molecule is CCn1cncc1CNc1ccc(C)c2ncccc12. The zero-order chi connectivity index (χ0) is 13.9. The summed E-state index contributed by atoms with van der Waals surface area (Å²) in [6.45, 7) is 5.91. The van der Waals surface area contributed by atoms with Crippen LogP contribution in [0.3, 0.4) is 0 Å². The Morgan fingerprint density at radius 2 is 2.15 bits per heavy atom. The maximum atomic E-state index is 4.46. The second-order valence-electron chi connectivity index (χ2n) is 4.85. The molecule has 1 N–H and O–H groups in total. The van der Waals surface area contributed by atoms with E-state index >= 15 is 0 Å². The molecule has 4 heteroatoms. The number of nitrogens with zero attached hydrogens (tertiary/aromatic N) is 3. The number of fused-ring (bicyclic) bond motifs is 1. The molecule has 0 amide bonds. The number of hydrogen-bond acceptors (Lipinski definition) is 3. The van der Waals surface area contributed by atoms with Crippen LogP contribution < -0.4 is 5.32 Å². The van der Waals surface area contributed by atoms with Gasteiger partial charge in [-0.2, -0.15) is 0 Å². The molecule has 20 heavy (non-hydrogen) atoms. The molecule has 2 aromatic heterocycles. The highest BCUT2D eigenvalue weighted by molar-refractivity contribution is 5.93. The number of rotatable bonds is 4. The van der Waals surface area contributed by atoms with Crippen LogP contribution in [0.1, 0.15) is 18.2 Å². The van der Waals surface area contributed by atoms with Gasteiger partial charge in [-0.15, -0.1) is 0 Å². The Morgan fingerprint density at radius 1 is 1.25 bits per heavy atom. The Hall–Kier alpha value is -2.36. The monoisotopic (exact) mass is 266 g/mol. The van der Waals surface area contributed by atoms with E-state index in [1.165, 1.54) is 11.3 Å². The minimum atomic E-state index is 0.765. The van der Waals surface area contributed by atoms with Crippen molar-refractivity contribution in [1.29, 1.82) is 0 Å². The summed E-state index contributed by atoms with van der Waals surface area (Å²) in [6.07, 6.45) is 5.61. The standard InChI is InChI=1S/C16H18N4/c1-3-20-11-17-9-13(20)10-19-15-7-6-12(2)16-14(15)5-4-8-18-16/h4-9,11,19H,3,10H2,1-2H3. The van der Waals surface area contributed by atoms with Gasteiger partial charge in [-0.25, -0.2) is 4.98 Å². The summed E-state index contributed by atoms with van der Waals surface area (Å²) in [4.78, 5) is 8.65. The summed E-state index contributed by atoms with van der Waals surface area (Å²) < 4.78 is 2.14. The summed E-state index contributed by atoms with van der Waals surface area (Å²) in [5.74, 6) is 0. The van der Waals surface area contributed by atoms with Crippen LogP contribution in [0.2, 0.25) is 0 Å². The van der Waals surface area contributed by atoms with Gasteiger partial charge in [0.2, 0.25) is 0 Å². The van der Waals surface area contributed by atoms with Crippen molar-refractivity contribution in [1.82, 2.24) is 14.5 Å². The number of aromatic nitrogens is 3. The van der Waals surface area contributed by atoms with Gasteiger partial charge in [0.1, 0.15) is 0 Å². The molecular formula is C16H18N4. The average molecular weight is 266 g/mol. The maximum Gasteiger partial charge on any atom is 0.0948 e. The first-order valence-electron chi connectivity index (χ1n) is 6.87. The molecule has 0 aliphatic rings. The quantitative estimate of drug-likeness (QED) is 0.787. The molecule has 3 rings (SSSR count). The molecule has 102 valence electrons. The van der Waals surface area contributed by atoms with Crippen molar-refractivity contribution in [2.45, 2.75) is 26.9 Å². The first-order valence-corrected chi connectivity index (χ1v) is 6.87. The molecule has 0 radical (unpaired) electrons. The first-order chi connectivity index (χ1) is 9.79.